The van der Waals surface area contributed by atoms with Gasteiger partial charge in [-0.25, -0.2) is 8.42 Å². The topological polar surface area (TPSA) is 66.5 Å². The van der Waals surface area contributed by atoms with Crippen molar-refractivity contribution in [3.63, 3.8) is 0 Å². The van der Waals surface area contributed by atoms with Crippen LogP contribution in [0.3, 0.4) is 0 Å². The largest absolute Gasteiger partial charge is 0.314 e. The van der Waals surface area contributed by atoms with Gasteiger partial charge in [0.05, 0.1) is 4.90 Å². The van der Waals surface area contributed by atoms with Gasteiger partial charge in [0.15, 0.2) is 0 Å². The molecule has 140 valence electrons. The number of para-hydroxylation sites is 1. The van der Waals surface area contributed by atoms with Crippen molar-refractivity contribution in [1.82, 2.24) is 4.72 Å². The number of aryl methyl sites for hydroxylation is 1. The summed E-state index contributed by atoms with van der Waals surface area (Å²) < 4.78 is 28.0. The van der Waals surface area contributed by atoms with Gasteiger partial charge in [0.2, 0.25) is 15.9 Å². The van der Waals surface area contributed by atoms with E-state index >= 15 is 0 Å². The third-order valence-corrected chi connectivity index (χ3v) is 5.60. The van der Waals surface area contributed by atoms with E-state index in [-0.39, 0.29) is 16.7 Å². The number of anilines is 1. The number of carbonyl (C=O) groups excluding carboxylic acids is 1. The minimum Gasteiger partial charge on any atom is -0.314 e. The third kappa shape index (κ3) is 5.16. The zero-order valence-electron chi connectivity index (χ0n) is 15.6. The highest BCUT2D eigenvalue weighted by Gasteiger charge is 2.29. The average molecular weight is 375 g/mol. The lowest BCUT2D eigenvalue weighted by Crippen LogP contribution is -2.48. The molecule has 6 heteroatoms. The second kappa shape index (κ2) is 8.47. The molecule has 0 saturated carbocycles. The molecule has 0 fully saturated rings. The Morgan fingerprint density at radius 1 is 1.04 bits per heavy atom. The lowest BCUT2D eigenvalue weighted by molar-refractivity contribution is -0.120. The smallest absolute Gasteiger partial charge is 0.244 e. The summed E-state index contributed by atoms with van der Waals surface area (Å²) in [6.45, 7) is 5.82. The van der Waals surface area contributed by atoms with Gasteiger partial charge in [-0.2, -0.15) is 4.72 Å². The van der Waals surface area contributed by atoms with Crippen LogP contribution in [0.2, 0.25) is 0 Å². The first kappa shape index (κ1) is 20.1. The molecule has 0 bridgehead atoms. The summed E-state index contributed by atoms with van der Waals surface area (Å²) in [7, 11) is -2.12. The van der Waals surface area contributed by atoms with Crippen molar-refractivity contribution < 1.29 is 13.2 Å². The lowest BCUT2D eigenvalue weighted by atomic mass is 10.0. The van der Waals surface area contributed by atoms with Gasteiger partial charge in [-0.1, -0.05) is 49.7 Å². The Hall–Kier alpha value is -2.18. The van der Waals surface area contributed by atoms with Crippen LogP contribution in [0.1, 0.15) is 25.8 Å². The van der Waals surface area contributed by atoms with E-state index in [1.807, 2.05) is 51.1 Å². The second-order valence-corrected chi connectivity index (χ2v) is 8.56. The van der Waals surface area contributed by atoms with Crippen LogP contribution in [0.5, 0.6) is 0 Å². The van der Waals surface area contributed by atoms with E-state index in [1.54, 1.807) is 31.3 Å². The minimum absolute atomic E-state index is 0.159. The Morgan fingerprint density at radius 3 is 2.15 bits per heavy atom. The Kier molecular flexibility index (Phi) is 6.56. The van der Waals surface area contributed by atoms with E-state index < -0.39 is 16.1 Å². The van der Waals surface area contributed by atoms with E-state index in [0.717, 1.165) is 11.3 Å². The molecule has 0 aliphatic carbocycles. The van der Waals surface area contributed by atoms with Crippen LogP contribution >= 0.6 is 0 Å². The highest BCUT2D eigenvalue weighted by atomic mass is 32.2. The van der Waals surface area contributed by atoms with Crippen molar-refractivity contribution in [3.8, 4) is 0 Å². The standard InChI is InChI=1S/C20H26N2O3S/c1-15(2)14-19(20(23)22(4)17-8-6-5-7-9-17)21-26(24,25)18-12-10-16(3)11-13-18/h5-13,15,19,21H,14H2,1-4H3. The van der Waals surface area contributed by atoms with Gasteiger partial charge in [0.1, 0.15) is 6.04 Å². The Morgan fingerprint density at radius 2 is 1.62 bits per heavy atom. The summed E-state index contributed by atoms with van der Waals surface area (Å²) in [5.74, 6) is -0.116. The molecule has 1 atom stereocenters. The molecule has 5 nitrogen and oxygen atoms in total. The lowest BCUT2D eigenvalue weighted by Gasteiger charge is -2.25. The van der Waals surface area contributed by atoms with Crippen LogP contribution in [-0.4, -0.2) is 27.4 Å². The number of benzene rings is 2. The first-order chi connectivity index (χ1) is 12.2. The van der Waals surface area contributed by atoms with E-state index in [0.29, 0.717) is 6.42 Å². The molecule has 2 rings (SSSR count). The molecular weight excluding hydrogens is 348 g/mol. The van der Waals surface area contributed by atoms with Crippen molar-refractivity contribution >= 4 is 21.6 Å². The number of rotatable bonds is 7. The summed E-state index contributed by atoms with van der Waals surface area (Å²) in [6.07, 6.45) is 0.418. The normalized spacial score (nSPS) is 12.8. The van der Waals surface area contributed by atoms with Gasteiger partial charge in [-0.3, -0.25) is 4.79 Å². The number of hydrogen-bond acceptors (Lipinski definition) is 3. The molecule has 1 amide bonds. The maximum atomic E-state index is 12.9. The number of hydrogen-bond donors (Lipinski definition) is 1. The van der Waals surface area contributed by atoms with Crippen LogP contribution in [0.15, 0.2) is 59.5 Å². The fourth-order valence-electron chi connectivity index (χ4n) is 2.66. The van der Waals surface area contributed by atoms with E-state index in [4.69, 9.17) is 0 Å². The highest BCUT2D eigenvalue weighted by Crippen LogP contribution is 2.18. The number of amides is 1. The molecule has 0 saturated heterocycles. The molecule has 1 unspecified atom stereocenters. The number of carbonyl (C=O) groups is 1. The van der Waals surface area contributed by atoms with Gasteiger partial charge in [0.25, 0.3) is 0 Å². The van der Waals surface area contributed by atoms with Crippen LogP contribution in [0.25, 0.3) is 0 Å². The molecule has 26 heavy (non-hydrogen) atoms. The summed E-state index contributed by atoms with van der Waals surface area (Å²) in [5, 5.41) is 0. The first-order valence-corrected chi connectivity index (χ1v) is 10.1. The van der Waals surface area contributed by atoms with Gasteiger partial charge in [-0.15, -0.1) is 0 Å². The molecule has 0 aliphatic heterocycles. The SMILES string of the molecule is Cc1ccc(S(=O)(=O)NC(CC(C)C)C(=O)N(C)c2ccccc2)cc1. The fourth-order valence-corrected chi connectivity index (χ4v) is 3.86. The predicted molar refractivity (Wildman–Crippen MR) is 105 cm³/mol. The number of nitrogens with one attached hydrogen (secondary N) is 1. The van der Waals surface area contributed by atoms with E-state index in [1.165, 1.54) is 4.90 Å². The zero-order chi connectivity index (χ0) is 19.3. The summed E-state index contributed by atoms with van der Waals surface area (Å²) in [4.78, 5) is 14.6. The number of likely N-dealkylation sites (N-methyl/N-ethyl adjacent to an activating group) is 1. The fraction of sp³-hybridized carbons (Fsp3) is 0.350. The second-order valence-electron chi connectivity index (χ2n) is 6.85. The van der Waals surface area contributed by atoms with Crippen molar-refractivity contribution in [1.29, 1.82) is 0 Å². The zero-order valence-corrected chi connectivity index (χ0v) is 16.5. The van der Waals surface area contributed by atoms with Gasteiger partial charge >= 0.3 is 0 Å². The monoisotopic (exact) mass is 374 g/mol. The Balaban J connectivity index is 2.26. The molecule has 2 aromatic rings. The molecule has 0 heterocycles. The number of sulfonamides is 1. The Labute approximate surface area is 156 Å². The van der Waals surface area contributed by atoms with Gasteiger partial charge < -0.3 is 4.90 Å². The van der Waals surface area contributed by atoms with Crippen LogP contribution in [0.4, 0.5) is 5.69 Å². The van der Waals surface area contributed by atoms with Gasteiger partial charge in [0, 0.05) is 12.7 Å². The molecule has 0 aromatic heterocycles. The highest BCUT2D eigenvalue weighted by molar-refractivity contribution is 7.89. The number of nitrogens with zero attached hydrogens (tertiary/aromatic N) is 1. The van der Waals surface area contributed by atoms with Crippen molar-refractivity contribution in [2.45, 2.75) is 38.1 Å². The van der Waals surface area contributed by atoms with E-state index in [2.05, 4.69) is 4.72 Å². The van der Waals surface area contributed by atoms with Crippen molar-refractivity contribution in [2.75, 3.05) is 11.9 Å². The molecule has 0 radical (unpaired) electrons. The molecule has 1 N–H and O–H groups in total. The molecule has 0 spiro atoms. The van der Waals surface area contributed by atoms with Crippen LogP contribution < -0.4 is 9.62 Å². The predicted octanol–water partition coefficient (Wildman–Crippen LogP) is 3.35. The van der Waals surface area contributed by atoms with Gasteiger partial charge in [-0.05, 0) is 43.5 Å². The summed E-state index contributed by atoms with van der Waals surface area (Å²) >= 11 is 0. The van der Waals surface area contributed by atoms with Crippen LogP contribution in [0, 0.1) is 12.8 Å². The Bertz CT molecular complexity index is 831. The minimum atomic E-state index is -3.78. The maximum Gasteiger partial charge on any atom is 0.244 e. The van der Waals surface area contributed by atoms with Crippen molar-refractivity contribution in [3.05, 3.63) is 60.2 Å². The molecule has 2 aromatic carbocycles. The first-order valence-electron chi connectivity index (χ1n) is 8.62. The summed E-state index contributed by atoms with van der Waals surface area (Å²) in [6, 6.07) is 14.9. The van der Waals surface area contributed by atoms with E-state index in [9.17, 15) is 13.2 Å². The quantitative estimate of drug-likeness (QED) is 0.808. The molecular formula is C20H26N2O3S. The van der Waals surface area contributed by atoms with Crippen molar-refractivity contribution in [2.24, 2.45) is 5.92 Å². The average Bonchev–Trinajstić information content (AvgIpc) is 2.60. The third-order valence-electron chi connectivity index (χ3n) is 4.11. The van der Waals surface area contributed by atoms with Crippen LogP contribution in [-0.2, 0) is 14.8 Å². The maximum absolute atomic E-state index is 12.9. The molecule has 0 aliphatic rings. The summed E-state index contributed by atoms with van der Waals surface area (Å²) in [5.41, 5.74) is 1.70.